The molecule has 0 unspecified atom stereocenters. The van der Waals surface area contributed by atoms with Gasteiger partial charge < -0.3 is 4.90 Å². The summed E-state index contributed by atoms with van der Waals surface area (Å²) >= 11 is 0. The first-order valence-corrected chi connectivity index (χ1v) is 22.3. The van der Waals surface area contributed by atoms with Crippen molar-refractivity contribution in [3.05, 3.63) is 305 Å². The highest BCUT2D eigenvalue weighted by molar-refractivity contribution is 5.93. The van der Waals surface area contributed by atoms with Crippen molar-refractivity contribution >= 4 is 17.1 Å². The van der Waals surface area contributed by atoms with Crippen LogP contribution >= 0.6 is 0 Å². The van der Waals surface area contributed by atoms with E-state index in [1.165, 1.54) is 66.8 Å². The third-order valence-corrected chi connectivity index (χ3v) is 13.9. The van der Waals surface area contributed by atoms with E-state index in [1.54, 1.807) is 0 Å². The highest BCUT2D eigenvalue weighted by atomic mass is 15.1. The molecular weight excluding hydrogens is 785 g/mol. The fourth-order valence-electron chi connectivity index (χ4n) is 11.1. The Morgan fingerprint density at radius 3 is 1.17 bits per heavy atom. The second-order valence-electron chi connectivity index (χ2n) is 17.1. The number of nitriles is 1. The smallest absolute Gasteiger partial charge is 0.0991 e. The van der Waals surface area contributed by atoms with Gasteiger partial charge in [0.2, 0.25) is 0 Å². The maximum absolute atomic E-state index is 9.49. The van der Waals surface area contributed by atoms with E-state index in [2.05, 4.69) is 241 Å². The summed E-state index contributed by atoms with van der Waals surface area (Å²) < 4.78 is 0. The van der Waals surface area contributed by atoms with Crippen LogP contribution in [0.2, 0.25) is 0 Å². The molecular formula is C63H42N2. The van der Waals surface area contributed by atoms with E-state index in [0.717, 1.165) is 28.2 Å². The zero-order valence-electron chi connectivity index (χ0n) is 35.6. The van der Waals surface area contributed by atoms with Crippen LogP contribution in [0, 0.1) is 11.3 Å². The lowest BCUT2D eigenvalue weighted by molar-refractivity contribution is 0.768. The van der Waals surface area contributed by atoms with Gasteiger partial charge in [-0.05, 0) is 126 Å². The summed E-state index contributed by atoms with van der Waals surface area (Å²) in [4.78, 5) is 2.43. The van der Waals surface area contributed by atoms with Gasteiger partial charge in [0.25, 0.3) is 0 Å². The van der Waals surface area contributed by atoms with Gasteiger partial charge >= 0.3 is 0 Å². The Balaban J connectivity index is 1.10. The van der Waals surface area contributed by atoms with Crippen molar-refractivity contribution in [2.45, 2.75) is 10.8 Å². The van der Waals surface area contributed by atoms with E-state index in [4.69, 9.17) is 0 Å². The van der Waals surface area contributed by atoms with Crippen LogP contribution in [0.3, 0.4) is 0 Å². The van der Waals surface area contributed by atoms with Crippen molar-refractivity contribution in [1.29, 1.82) is 5.26 Å². The molecule has 0 aliphatic heterocycles. The van der Waals surface area contributed by atoms with E-state index < -0.39 is 10.8 Å². The number of anilines is 3. The maximum atomic E-state index is 9.49. The van der Waals surface area contributed by atoms with Crippen molar-refractivity contribution in [2.24, 2.45) is 0 Å². The molecule has 2 nitrogen and oxygen atoms in total. The number of hydrogen-bond acceptors (Lipinski definition) is 2. The van der Waals surface area contributed by atoms with E-state index in [-0.39, 0.29) is 0 Å². The molecule has 2 heteroatoms. The van der Waals surface area contributed by atoms with Gasteiger partial charge in [0, 0.05) is 17.1 Å². The molecule has 0 radical (unpaired) electrons. The average molecular weight is 827 g/mol. The summed E-state index contributed by atoms with van der Waals surface area (Å²) in [7, 11) is 0. The van der Waals surface area contributed by atoms with Crippen molar-refractivity contribution in [1.82, 2.24) is 0 Å². The topological polar surface area (TPSA) is 27.0 Å². The molecule has 0 fully saturated rings. The summed E-state index contributed by atoms with van der Waals surface area (Å²) in [6.07, 6.45) is 0. The van der Waals surface area contributed by atoms with Gasteiger partial charge in [0.05, 0.1) is 22.5 Å². The van der Waals surface area contributed by atoms with Gasteiger partial charge in [-0.2, -0.15) is 5.26 Å². The molecule has 0 spiro atoms. The lowest BCUT2D eigenvalue weighted by atomic mass is 9.67. The first-order chi connectivity index (χ1) is 32.2. The summed E-state index contributed by atoms with van der Waals surface area (Å²) in [6, 6.07) is 95.1. The lowest BCUT2D eigenvalue weighted by Gasteiger charge is -2.35. The molecule has 2 aliphatic carbocycles. The SMILES string of the molecule is N#Cc1ccc(-c2ccc(N(c3ccc4c(c3)-c3ccccc3C4(c3ccccc3)c3ccccc3)c3ccc4c(c3)C(c3ccccc3)(c3ccccc3)c3ccccc3-4)cc2)cc1. The molecule has 2 aliphatic rings. The molecule has 12 rings (SSSR count). The minimum absolute atomic E-state index is 0.495. The van der Waals surface area contributed by atoms with Crippen molar-refractivity contribution in [2.75, 3.05) is 4.90 Å². The standard InChI is InChI=1S/C63H42N2/c64-43-44-29-31-45(32-30-44)46-33-35-51(36-34-46)65(52-38-40-60-57(41-52)55-26-14-16-28-59(55)62(60,47-17-5-1-6-18-47)48-19-7-2-8-20-48)53-37-39-56-54-25-13-15-27-58(54)63(61(56)42-53,49-21-9-3-10-22-49)50-23-11-4-12-24-50/h1-42H. The normalized spacial score (nSPS) is 13.5. The predicted molar refractivity (Wildman–Crippen MR) is 266 cm³/mol. The van der Waals surface area contributed by atoms with Crippen LogP contribution in [0.5, 0.6) is 0 Å². The van der Waals surface area contributed by atoms with Crippen LogP contribution in [0.25, 0.3) is 33.4 Å². The molecule has 0 aromatic heterocycles. The van der Waals surface area contributed by atoms with Crippen LogP contribution in [-0.2, 0) is 10.8 Å². The molecule has 0 amide bonds. The van der Waals surface area contributed by atoms with Crippen LogP contribution in [0.4, 0.5) is 17.1 Å². The molecule has 65 heavy (non-hydrogen) atoms. The first-order valence-electron chi connectivity index (χ1n) is 22.3. The van der Waals surface area contributed by atoms with Crippen LogP contribution in [0.1, 0.15) is 50.1 Å². The third kappa shape index (κ3) is 5.80. The molecule has 0 atom stereocenters. The van der Waals surface area contributed by atoms with E-state index in [1.807, 2.05) is 24.3 Å². The number of nitrogens with zero attached hydrogens (tertiary/aromatic N) is 2. The highest BCUT2D eigenvalue weighted by Gasteiger charge is 2.48. The van der Waals surface area contributed by atoms with Gasteiger partial charge in [0.15, 0.2) is 0 Å². The van der Waals surface area contributed by atoms with Gasteiger partial charge in [-0.25, -0.2) is 0 Å². The molecule has 0 saturated heterocycles. The molecule has 0 bridgehead atoms. The number of hydrogen-bond donors (Lipinski definition) is 0. The number of rotatable bonds is 8. The Labute approximate surface area is 380 Å². The molecule has 0 N–H and O–H groups in total. The Hall–Kier alpha value is -8.51. The van der Waals surface area contributed by atoms with Crippen molar-refractivity contribution < 1.29 is 0 Å². The van der Waals surface area contributed by atoms with Crippen molar-refractivity contribution in [3.8, 4) is 39.4 Å². The van der Waals surface area contributed by atoms with Gasteiger partial charge in [0.1, 0.15) is 0 Å². The van der Waals surface area contributed by atoms with Gasteiger partial charge in [-0.1, -0.05) is 206 Å². The Morgan fingerprint density at radius 1 is 0.292 bits per heavy atom. The zero-order valence-corrected chi connectivity index (χ0v) is 35.6. The van der Waals surface area contributed by atoms with E-state index in [0.29, 0.717) is 5.56 Å². The quantitative estimate of drug-likeness (QED) is 0.153. The highest BCUT2D eigenvalue weighted by Crippen LogP contribution is 2.59. The third-order valence-electron chi connectivity index (χ3n) is 13.9. The molecule has 10 aromatic carbocycles. The predicted octanol–water partition coefficient (Wildman–Crippen LogP) is 15.4. The Kier molecular flexibility index (Phi) is 9.04. The molecule has 10 aromatic rings. The van der Waals surface area contributed by atoms with Gasteiger partial charge in [-0.3, -0.25) is 0 Å². The molecule has 304 valence electrons. The van der Waals surface area contributed by atoms with E-state index in [9.17, 15) is 5.26 Å². The summed E-state index contributed by atoms with van der Waals surface area (Å²) in [5, 5.41) is 9.49. The Morgan fingerprint density at radius 2 is 0.662 bits per heavy atom. The monoisotopic (exact) mass is 826 g/mol. The number of benzene rings is 10. The minimum atomic E-state index is -0.544. The van der Waals surface area contributed by atoms with Crippen LogP contribution < -0.4 is 4.90 Å². The second kappa shape index (κ2) is 15.4. The maximum Gasteiger partial charge on any atom is 0.0991 e. The molecule has 0 saturated carbocycles. The summed E-state index contributed by atoms with van der Waals surface area (Å²) in [6.45, 7) is 0. The summed E-state index contributed by atoms with van der Waals surface area (Å²) in [5.41, 5.74) is 20.0. The van der Waals surface area contributed by atoms with Crippen LogP contribution in [-0.4, -0.2) is 0 Å². The Bertz CT molecular complexity index is 3330. The summed E-state index contributed by atoms with van der Waals surface area (Å²) in [5.74, 6) is 0. The minimum Gasteiger partial charge on any atom is -0.310 e. The molecule has 0 heterocycles. The average Bonchev–Trinajstić information content (AvgIpc) is 3.86. The second-order valence-corrected chi connectivity index (χ2v) is 17.1. The fourth-order valence-corrected chi connectivity index (χ4v) is 11.1. The zero-order chi connectivity index (χ0) is 43.4. The first kappa shape index (κ1) is 38.2. The number of fused-ring (bicyclic) bond motifs is 6. The van der Waals surface area contributed by atoms with Crippen molar-refractivity contribution in [3.63, 3.8) is 0 Å². The van der Waals surface area contributed by atoms with E-state index >= 15 is 0 Å². The largest absolute Gasteiger partial charge is 0.310 e. The lowest BCUT2D eigenvalue weighted by Crippen LogP contribution is -2.28. The van der Waals surface area contributed by atoms with Crippen LogP contribution in [0.15, 0.2) is 255 Å². The van der Waals surface area contributed by atoms with Gasteiger partial charge in [-0.15, -0.1) is 0 Å². The fraction of sp³-hybridized carbons (Fsp3) is 0.0317.